The summed E-state index contributed by atoms with van der Waals surface area (Å²) < 4.78 is 4.71. The minimum Gasteiger partial charge on any atom is -0.504 e. The minimum absolute atomic E-state index is 0.00867. The van der Waals surface area contributed by atoms with Gasteiger partial charge in [-0.1, -0.05) is 6.07 Å². The molecular weight excluding hydrogens is 212 g/mol. The first-order valence-corrected chi connectivity index (χ1v) is 4.41. The molecule has 0 aliphatic carbocycles. The fraction of sp³-hybridized carbons (Fsp3) is 0.0909. The number of aromatic hydroxyl groups is 1. The Morgan fingerprint density at radius 1 is 1.31 bits per heavy atom. The average molecular weight is 222 g/mol. The molecule has 84 valence electrons. The van der Waals surface area contributed by atoms with E-state index in [0.29, 0.717) is 6.08 Å². The van der Waals surface area contributed by atoms with Crippen LogP contribution in [0.4, 0.5) is 0 Å². The van der Waals surface area contributed by atoms with Crippen LogP contribution in [0.5, 0.6) is 11.5 Å². The summed E-state index contributed by atoms with van der Waals surface area (Å²) in [5.41, 5.74) is 0.818. The quantitative estimate of drug-likeness (QED) is 0.456. The van der Waals surface area contributed by atoms with Crippen LogP contribution in [0, 0.1) is 6.92 Å². The summed E-state index contributed by atoms with van der Waals surface area (Å²) in [6.07, 6.45) is 1.43. The van der Waals surface area contributed by atoms with Gasteiger partial charge in [-0.25, -0.2) is 9.59 Å². The molecule has 0 aliphatic rings. The number of phenols is 1. The first-order valence-electron chi connectivity index (χ1n) is 4.41. The molecular formula is C11H10O5. The largest absolute Gasteiger partial charge is 0.504 e. The summed E-state index contributed by atoms with van der Waals surface area (Å²) in [5, 5.41) is 17.7. The number of benzene rings is 1. The lowest BCUT2D eigenvalue weighted by Gasteiger charge is -2.04. The van der Waals surface area contributed by atoms with Crippen molar-refractivity contribution in [2.24, 2.45) is 0 Å². The number of rotatable bonds is 3. The van der Waals surface area contributed by atoms with E-state index in [-0.39, 0.29) is 11.5 Å². The zero-order valence-electron chi connectivity index (χ0n) is 8.51. The predicted octanol–water partition coefficient (Wildman–Crippen LogP) is 1.25. The molecule has 0 aromatic heterocycles. The van der Waals surface area contributed by atoms with Gasteiger partial charge < -0.3 is 14.9 Å². The van der Waals surface area contributed by atoms with Gasteiger partial charge in [0.05, 0.1) is 0 Å². The van der Waals surface area contributed by atoms with Crippen molar-refractivity contribution in [2.75, 3.05) is 0 Å². The number of esters is 1. The molecule has 5 heteroatoms. The van der Waals surface area contributed by atoms with E-state index in [2.05, 4.69) is 0 Å². The average Bonchev–Trinajstić information content (AvgIpc) is 2.19. The van der Waals surface area contributed by atoms with Crippen molar-refractivity contribution in [3.8, 4) is 11.5 Å². The van der Waals surface area contributed by atoms with Gasteiger partial charge >= 0.3 is 11.9 Å². The Labute approximate surface area is 91.6 Å². The van der Waals surface area contributed by atoms with Crippen molar-refractivity contribution >= 4 is 11.9 Å². The van der Waals surface area contributed by atoms with Gasteiger partial charge in [-0.2, -0.15) is 0 Å². The highest BCUT2D eigenvalue weighted by Gasteiger charge is 2.06. The van der Waals surface area contributed by atoms with E-state index in [1.165, 1.54) is 12.1 Å². The monoisotopic (exact) mass is 222 g/mol. The van der Waals surface area contributed by atoms with Crippen molar-refractivity contribution in [1.29, 1.82) is 0 Å². The molecule has 1 aromatic rings. The van der Waals surface area contributed by atoms with E-state index in [1.54, 1.807) is 13.0 Å². The lowest BCUT2D eigenvalue weighted by molar-refractivity contribution is -0.133. The van der Waals surface area contributed by atoms with Crippen LogP contribution in [-0.2, 0) is 9.59 Å². The maximum atomic E-state index is 11.1. The number of carbonyl (C=O) groups is 2. The lowest BCUT2D eigenvalue weighted by atomic mass is 10.2. The highest BCUT2D eigenvalue weighted by Crippen LogP contribution is 2.26. The predicted molar refractivity (Wildman–Crippen MR) is 55.3 cm³/mol. The van der Waals surface area contributed by atoms with E-state index in [0.717, 1.165) is 11.6 Å². The molecule has 0 saturated heterocycles. The second-order valence-corrected chi connectivity index (χ2v) is 3.06. The fourth-order valence-electron chi connectivity index (χ4n) is 0.995. The molecule has 1 rings (SSSR count). The molecule has 0 fully saturated rings. The van der Waals surface area contributed by atoms with E-state index in [9.17, 15) is 14.7 Å². The van der Waals surface area contributed by atoms with E-state index >= 15 is 0 Å². The van der Waals surface area contributed by atoms with Crippen molar-refractivity contribution in [2.45, 2.75) is 6.92 Å². The van der Waals surface area contributed by atoms with Gasteiger partial charge in [-0.05, 0) is 24.6 Å². The molecule has 0 amide bonds. The third-order valence-electron chi connectivity index (χ3n) is 1.69. The van der Waals surface area contributed by atoms with Gasteiger partial charge in [0.15, 0.2) is 11.5 Å². The first kappa shape index (κ1) is 11.8. The third-order valence-corrected chi connectivity index (χ3v) is 1.69. The topological polar surface area (TPSA) is 83.8 Å². The van der Waals surface area contributed by atoms with Crippen molar-refractivity contribution in [3.05, 3.63) is 35.9 Å². The van der Waals surface area contributed by atoms with Crippen molar-refractivity contribution in [3.63, 3.8) is 0 Å². The van der Waals surface area contributed by atoms with Gasteiger partial charge in [-0.15, -0.1) is 0 Å². The van der Waals surface area contributed by atoms with Crippen LogP contribution >= 0.6 is 0 Å². The van der Waals surface area contributed by atoms with Gasteiger partial charge in [0.25, 0.3) is 0 Å². The fourth-order valence-corrected chi connectivity index (χ4v) is 0.995. The number of hydrogen-bond donors (Lipinski definition) is 2. The molecule has 0 aliphatic heterocycles. The molecule has 0 bridgehead atoms. The van der Waals surface area contributed by atoms with Crippen LogP contribution in [0.1, 0.15) is 5.56 Å². The Morgan fingerprint density at radius 2 is 2.00 bits per heavy atom. The summed E-state index contributed by atoms with van der Waals surface area (Å²) in [7, 11) is 0. The molecule has 16 heavy (non-hydrogen) atoms. The minimum atomic E-state index is -1.25. The summed E-state index contributed by atoms with van der Waals surface area (Å²) in [6, 6.07) is 4.52. The van der Waals surface area contributed by atoms with E-state index < -0.39 is 11.9 Å². The Morgan fingerprint density at radius 3 is 2.56 bits per heavy atom. The molecule has 2 N–H and O–H groups in total. The normalized spacial score (nSPS) is 10.3. The number of ether oxygens (including phenoxy) is 1. The molecule has 0 heterocycles. The van der Waals surface area contributed by atoms with Gasteiger partial charge in [0.2, 0.25) is 0 Å². The zero-order valence-corrected chi connectivity index (χ0v) is 8.51. The van der Waals surface area contributed by atoms with Gasteiger partial charge in [-0.3, -0.25) is 0 Å². The number of carboxylic acid groups (broad SMARTS) is 1. The molecule has 0 saturated carbocycles. The van der Waals surface area contributed by atoms with E-state index in [4.69, 9.17) is 9.84 Å². The van der Waals surface area contributed by atoms with Gasteiger partial charge in [0.1, 0.15) is 0 Å². The molecule has 0 radical (unpaired) electrons. The molecule has 5 nitrogen and oxygen atoms in total. The summed E-state index contributed by atoms with van der Waals surface area (Å²) in [5.74, 6) is -2.28. The van der Waals surface area contributed by atoms with Crippen molar-refractivity contribution in [1.82, 2.24) is 0 Å². The zero-order chi connectivity index (χ0) is 12.1. The summed E-state index contributed by atoms with van der Waals surface area (Å²) in [6.45, 7) is 1.77. The SMILES string of the molecule is Cc1ccc(OC(=O)/C=C/C(=O)O)c(O)c1. The molecule has 1 aromatic carbocycles. The number of carbonyl (C=O) groups excluding carboxylic acids is 1. The van der Waals surface area contributed by atoms with Crippen LogP contribution < -0.4 is 4.74 Å². The Kier molecular flexibility index (Phi) is 3.66. The van der Waals surface area contributed by atoms with Crippen LogP contribution in [0.2, 0.25) is 0 Å². The Bertz CT molecular complexity index is 448. The number of hydrogen-bond acceptors (Lipinski definition) is 4. The molecule has 0 unspecified atom stereocenters. The summed E-state index contributed by atoms with van der Waals surface area (Å²) in [4.78, 5) is 21.2. The maximum absolute atomic E-state index is 11.1. The molecule has 0 spiro atoms. The van der Waals surface area contributed by atoms with Crippen molar-refractivity contribution < 1.29 is 24.5 Å². The van der Waals surface area contributed by atoms with E-state index in [1.807, 2.05) is 0 Å². The van der Waals surface area contributed by atoms with Crippen LogP contribution in [-0.4, -0.2) is 22.2 Å². The highest BCUT2D eigenvalue weighted by molar-refractivity contribution is 5.91. The second-order valence-electron chi connectivity index (χ2n) is 3.06. The number of aliphatic carboxylic acids is 1. The number of aryl methyl sites for hydroxylation is 1. The lowest BCUT2D eigenvalue weighted by Crippen LogP contribution is -2.05. The van der Waals surface area contributed by atoms with Gasteiger partial charge in [0, 0.05) is 12.2 Å². The summed E-state index contributed by atoms with van der Waals surface area (Å²) >= 11 is 0. The smallest absolute Gasteiger partial charge is 0.336 e. The Balaban J connectivity index is 2.73. The third kappa shape index (κ3) is 3.45. The van der Waals surface area contributed by atoms with Crippen LogP contribution in [0.25, 0.3) is 0 Å². The number of phenolic OH excluding ortho intramolecular Hbond substituents is 1. The number of carboxylic acids is 1. The molecule has 0 atom stereocenters. The maximum Gasteiger partial charge on any atom is 0.336 e. The highest BCUT2D eigenvalue weighted by atomic mass is 16.5. The Hall–Kier alpha value is -2.30. The standard InChI is InChI=1S/C11H10O5/c1-7-2-3-9(8(12)6-7)16-11(15)5-4-10(13)14/h2-6,12H,1H3,(H,13,14)/b5-4+. The van der Waals surface area contributed by atoms with Crippen LogP contribution in [0.15, 0.2) is 30.4 Å². The second kappa shape index (κ2) is 4.97. The first-order chi connectivity index (χ1) is 7.49. The van der Waals surface area contributed by atoms with Crippen LogP contribution in [0.3, 0.4) is 0 Å².